The molecule has 0 aromatic carbocycles. The highest BCUT2D eigenvalue weighted by molar-refractivity contribution is 5.78. The van der Waals surface area contributed by atoms with E-state index in [0.29, 0.717) is 18.5 Å². The number of nitrogens with one attached hydrogen (secondary N) is 1. The Bertz CT molecular complexity index is 333. The van der Waals surface area contributed by atoms with Gasteiger partial charge < -0.3 is 10.2 Å². The second-order valence-corrected chi connectivity index (χ2v) is 7.08. The van der Waals surface area contributed by atoms with E-state index >= 15 is 0 Å². The number of piperidine rings is 1. The van der Waals surface area contributed by atoms with E-state index in [2.05, 4.69) is 15.1 Å². The van der Waals surface area contributed by atoms with Crippen LogP contribution >= 0.6 is 0 Å². The summed E-state index contributed by atoms with van der Waals surface area (Å²) < 4.78 is 0. The zero-order chi connectivity index (χ0) is 14.5. The summed E-state index contributed by atoms with van der Waals surface area (Å²) in [6.07, 6.45) is 10.2. The Kier molecular flexibility index (Phi) is 5.53. The molecule has 1 N–H and O–H groups in total. The summed E-state index contributed by atoms with van der Waals surface area (Å²) in [4.78, 5) is 17.2. The van der Waals surface area contributed by atoms with Gasteiger partial charge in [-0.15, -0.1) is 0 Å². The first-order valence-electron chi connectivity index (χ1n) is 9.07. The van der Waals surface area contributed by atoms with Gasteiger partial charge >= 0.3 is 0 Å². The predicted octanol–water partition coefficient (Wildman–Crippen LogP) is 1.85. The Morgan fingerprint density at radius 1 is 0.952 bits per heavy atom. The minimum atomic E-state index is 0.382. The Balaban J connectivity index is 1.53. The van der Waals surface area contributed by atoms with Gasteiger partial charge in [-0.05, 0) is 64.1 Å². The van der Waals surface area contributed by atoms with E-state index in [4.69, 9.17) is 0 Å². The zero-order valence-corrected chi connectivity index (χ0v) is 13.4. The lowest BCUT2D eigenvalue weighted by Gasteiger charge is -2.35. The second kappa shape index (κ2) is 7.59. The van der Waals surface area contributed by atoms with Crippen LogP contribution < -0.4 is 5.32 Å². The molecule has 2 unspecified atom stereocenters. The molecule has 3 saturated heterocycles. The highest BCUT2D eigenvalue weighted by atomic mass is 16.2. The molecule has 120 valence electrons. The van der Waals surface area contributed by atoms with E-state index in [1.807, 2.05) is 0 Å². The van der Waals surface area contributed by atoms with Crippen LogP contribution in [0.2, 0.25) is 0 Å². The molecule has 4 nitrogen and oxygen atoms in total. The number of likely N-dealkylation sites (tertiary alicyclic amines) is 2. The van der Waals surface area contributed by atoms with E-state index in [-0.39, 0.29) is 0 Å². The number of nitrogens with zero attached hydrogens (tertiary/aromatic N) is 2. The first-order chi connectivity index (χ1) is 10.3. The Morgan fingerprint density at radius 2 is 1.76 bits per heavy atom. The van der Waals surface area contributed by atoms with Gasteiger partial charge in [-0.2, -0.15) is 0 Å². The molecule has 0 radical (unpaired) electrons. The summed E-state index contributed by atoms with van der Waals surface area (Å²) in [5.74, 6) is 1.14. The zero-order valence-electron chi connectivity index (χ0n) is 13.4. The van der Waals surface area contributed by atoms with Crippen molar-refractivity contribution in [2.24, 2.45) is 5.92 Å². The summed E-state index contributed by atoms with van der Waals surface area (Å²) in [5.41, 5.74) is 0. The Morgan fingerprint density at radius 3 is 2.48 bits per heavy atom. The lowest BCUT2D eigenvalue weighted by Crippen LogP contribution is -2.47. The molecule has 0 saturated carbocycles. The quantitative estimate of drug-likeness (QED) is 0.862. The average molecular weight is 293 g/mol. The largest absolute Gasteiger partial charge is 0.342 e. The van der Waals surface area contributed by atoms with Crippen LogP contribution in [-0.2, 0) is 4.79 Å². The minimum absolute atomic E-state index is 0.382. The molecule has 21 heavy (non-hydrogen) atoms. The molecule has 0 aromatic heterocycles. The molecule has 3 fully saturated rings. The van der Waals surface area contributed by atoms with Crippen molar-refractivity contribution in [3.63, 3.8) is 0 Å². The summed E-state index contributed by atoms with van der Waals surface area (Å²) in [5, 5.41) is 3.54. The number of carbonyl (C=O) groups is 1. The van der Waals surface area contributed by atoms with Gasteiger partial charge in [-0.25, -0.2) is 0 Å². The number of amides is 1. The first kappa shape index (κ1) is 15.3. The van der Waals surface area contributed by atoms with Crippen LogP contribution in [0.15, 0.2) is 0 Å². The molecule has 0 aromatic rings. The van der Waals surface area contributed by atoms with Crippen molar-refractivity contribution in [3.05, 3.63) is 0 Å². The van der Waals surface area contributed by atoms with Crippen molar-refractivity contribution < 1.29 is 4.79 Å². The fourth-order valence-electron chi connectivity index (χ4n) is 4.38. The number of hydrogen-bond acceptors (Lipinski definition) is 3. The lowest BCUT2D eigenvalue weighted by molar-refractivity contribution is -0.132. The van der Waals surface area contributed by atoms with E-state index in [1.54, 1.807) is 0 Å². The molecule has 1 amide bonds. The lowest BCUT2D eigenvalue weighted by atomic mass is 9.90. The topological polar surface area (TPSA) is 35.6 Å². The van der Waals surface area contributed by atoms with Gasteiger partial charge in [0, 0.05) is 19.1 Å². The molecule has 2 atom stereocenters. The van der Waals surface area contributed by atoms with Crippen LogP contribution in [0.1, 0.15) is 51.4 Å². The summed E-state index contributed by atoms with van der Waals surface area (Å²) >= 11 is 0. The number of rotatable bonds is 3. The van der Waals surface area contributed by atoms with Crippen LogP contribution in [0.5, 0.6) is 0 Å². The smallest absolute Gasteiger partial charge is 0.236 e. The highest BCUT2D eigenvalue weighted by Crippen LogP contribution is 2.28. The third-order valence-corrected chi connectivity index (χ3v) is 5.59. The van der Waals surface area contributed by atoms with E-state index in [1.165, 1.54) is 57.9 Å². The molecular formula is C17H31N3O. The first-order valence-corrected chi connectivity index (χ1v) is 9.07. The van der Waals surface area contributed by atoms with Crippen molar-refractivity contribution in [3.8, 4) is 0 Å². The van der Waals surface area contributed by atoms with Gasteiger partial charge in [0.05, 0.1) is 6.54 Å². The van der Waals surface area contributed by atoms with Gasteiger partial charge in [0.25, 0.3) is 0 Å². The number of carbonyl (C=O) groups excluding carboxylic acids is 1. The van der Waals surface area contributed by atoms with Crippen molar-refractivity contribution in [1.82, 2.24) is 15.1 Å². The maximum absolute atomic E-state index is 12.6. The molecule has 3 heterocycles. The molecule has 0 aliphatic carbocycles. The minimum Gasteiger partial charge on any atom is -0.342 e. The van der Waals surface area contributed by atoms with Crippen molar-refractivity contribution in [2.45, 2.75) is 57.4 Å². The molecule has 3 rings (SSSR count). The Labute approximate surface area is 129 Å². The predicted molar refractivity (Wildman–Crippen MR) is 85.2 cm³/mol. The third kappa shape index (κ3) is 3.98. The van der Waals surface area contributed by atoms with Gasteiger partial charge in [-0.1, -0.05) is 12.8 Å². The van der Waals surface area contributed by atoms with Crippen molar-refractivity contribution in [2.75, 3.05) is 39.3 Å². The molecule has 0 spiro atoms. The SMILES string of the molecule is O=C(CN1CCCC1C1CCCNC1)N1CCCCCC1. The number of hydrogen-bond donors (Lipinski definition) is 1. The third-order valence-electron chi connectivity index (χ3n) is 5.59. The van der Waals surface area contributed by atoms with Crippen LogP contribution in [-0.4, -0.2) is 61.0 Å². The normalized spacial score (nSPS) is 32.1. The highest BCUT2D eigenvalue weighted by Gasteiger charge is 2.34. The van der Waals surface area contributed by atoms with Crippen molar-refractivity contribution >= 4 is 5.91 Å². The van der Waals surface area contributed by atoms with Gasteiger partial charge in [0.2, 0.25) is 5.91 Å². The van der Waals surface area contributed by atoms with Crippen LogP contribution in [0.4, 0.5) is 0 Å². The van der Waals surface area contributed by atoms with Gasteiger partial charge in [0.1, 0.15) is 0 Å². The molecule has 3 aliphatic heterocycles. The second-order valence-electron chi connectivity index (χ2n) is 7.08. The van der Waals surface area contributed by atoms with Gasteiger partial charge in [0.15, 0.2) is 0 Å². The van der Waals surface area contributed by atoms with E-state index in [9.17, 15) is 4.79 Å². The van der Waals surface area contributed by atoms with E-state index in [0.717, 1.165) is 32.1 Å². The fraction of sp³-hybridized carbons (Fsp3) is 0.941. The van der Waals surface area contributed by atoms with Crippen LogP contribution in [0.25, 0.3) is 0 Å². The standard InChI is InChI=1S/C17H31N3O/c21-17(19-10-3-1-2-4-11-19)14-20-12-6-8-16(20)15-7-5-9-18-13-15/h15-16,18H,1-14H2. The Hall–Kier alpha value is -0.610. The maximum Gasteiger partial charge on any atom is 0.236 e. The maximum atomic E-state index is 12.6. The fourth-order valence-corrected chi connectivity index (χ4v) is 4.38. The van der Waals surface area contributed by atoms with Crippen LogP contribution in [0.3, 0.4) is 0 Å². The van der Waals surface area contributed by atoms with E-state index < -0.39 is 0 Å². The molecular weight excluding hydrogens is 262 g/mol. The molecule has 3 aliphatic rings. The molecule has 0 bridgehead atoms. The van der Waals surface area contributed by atoms with Crippen LogP contribution in [0, 0.1) is 5.92 Å². The summed E-state index contributed by atoms with van der Waals surface area (Å²) in [7, 11) is 0. The summed E-state index contributed by atoms with van der Waals surface area (Å²) in [6, 6.07) is 0.647. The summed E-state index contributed by atoms with van der Waals surface area (Å²) in [6.45, 7) is 6.10. The average Bonchev–Trinajstić information content (AvgIpc) is 2.81. The van der Waals surface area contributed by atoms with Gasteiger partial charge in [-0.3, -0.25) is 9.69 Å². The monoisotopic (exact) mass is 293 g/mol. The molecule has 4 heteroatoms. The van der Waals surface area contributed by atoms with Crippen molar-refractivity contribution in [1.29, 1.82) is 0 Å².